The zero-order valence-electron chi connectivity index (χ0n) is 15.9. The summed E-state index contributed by atoms with van der Waals surface area (Å²) in [6.45, 7) is 1.72. The van der Waals surface area contributed by atoms with Gasteiger partial charge >= 0.3 is 5.69 Å². The second-order valence-corrected chi connectivity index (χ2v) is 7.14. The predicted octanol–water partition coefficient (Wildman–Crippen LogP) is 2.04. The number of pyridine rings is 1. The summed E-state index contributed by atoms with van der Waals surface area (Å²) in [7, 11) is 1.67. The third-order valence-corrected chi connectivity index (χ3v) is 5.18. The molecule has 1 amide bonds. The number of hydrogen-bond donors (Lipinski definition) is 0. The van der Waals surface area contributed by atoms with Crippen LogP contribution in [0.2, 0.25) is 0 Å². The van der Waals surface area contributed by atoms with E-state index in [1.807, 2.05) is 41.3 Å². The average Bonchev–Trinajstić information content (AvgIpc) is 3.03. The van der Waals surface area contributed by atoms with E-state index in [1.54, 1.807) is 29.9 Å². The van der Waals surface area contributed by atoms with E-state index in [1.165, 1.54) is 4.68 Å². The summed E-state index contributed by atoms with van der Waals surface area (Å²) >= 11 is 0. The molecule has 0 saturated carbocycles. The molecule has 4 rings (SSSR count). The third-order valence-electron chi connectivity index (χ3n) is 5.18. The Morgan fingerprint density at radius 1 is 1.14 bits per heavy atom. The predicted molar refractivity (Wildman–Crippen MR) is 105 cm³/mol. The van der Waals surface area contributed by atoms with Gasteiger partial charge in [-0.2, -0.15) is 5.10 Å². The molecule has 3 aromatic rings. The van der Waals surface area contributed by atoms with Crippen molar-refractivity contribution in [2.45, 2.75) is 25.3 Å². The minimum atomic E-state index is -0.132. The maximum atomic E-state index is 12.8. The number of amides is 1. The lowest BCUT2D eigenvalue weighted by Gasteiger charge is -2.32. The van der Waals surface area contributed by atoms with E-state index in [0.717, 1.165) is 24.2 Å². The molecule has 0 spiro atoms. The number of carbonyl (C=O) groups is 1. The Labute approximate surface area is 163 Å². The van der Waals surface area contributed by atoms with E-state index in [4.69, 9.17) is 0 Å². The molecular weight excluding hydrogens is 354 g/mol. The smallest absolute Gasteiger partial charge is 0.337 e. The van der Waals surface area contributed by atoms with Gasteiger partial charge in [0, 0.05) is 32.3 Å². The Bertz CT molecular complexity index is 1010. The third kappa shape index (κ3) is 3.60. The summed E-state index contributed by atoms with van der Waals surface area (Å²) in [5, 5.41) is 4.51. The Morgan fingerprint density at radius 3 is 2.68 bits per heavy atom. The van der Waals surface area contributed by atoms with Gasteiger partial charge in [-0.15, -0.1) is 0 Å². The van der Waals surface area contributed by atoms with Crippen LogP contribution < -0.4 is 5.69 Å². The lowest BCUT2D eigenvalue weighted by Crippen LogP contribution is -2.40. The normalized spacial score (nSPS) is 16.9. The molecule has 3 heterocycles. The fourth-order valence-corrected chi connectivity index (χ4v) is 3.76. The fraction of sp³-hybridized carbons (Fsp3) is 0.333. The van der Waals surface area contributed by atoms with Gasteiger partial charge in [-0.25, -0.2) is 9.48 Å². The van der Waals surface area contributed by atoms with E-state index >= 15 is 0 Å². The standard InChI is InChI=1S/C21H23N5O2/c1-24-21(28)26(14-16-8-3-2-4-9-16)19(23-24)17-10-7-13-25(15-17)20(27)18-11-5-6-12-22-18/h2-6,8-9,11-12,17H,7,10,13-15H2,1H3. The van der Waals surface area contributed by atoms with Crippen molar-refractivity contribution in [3.63, 3.8) is 0 Å². The molecule has 1 saturated heterocycles. The highest BCUT2D eigenvalue weighted by atomic mass is 16.2. The molecule has 1 aliphatic heterocycles. The fourth-order valence-electron chi connectivity index (χ4n) is 3.76. The molecule has 7 heteroatoms. The molecule has 1 unspecified atom stereocenters. The topological polar surface area (TPSA) is 73.0 Å². The van der Waals surface area contributed by atoms with Crippen molar-refractivity contribution in [3.8, 4) is 0 Å². The Kier molecular flexibility index (Phi) is 5.06. The highest BCUT2D eigenvalue weighted by Gasteiger charge is 2.30. The summed E-state index contributed by atoms with van der Waals surface area (Å²) in [4.78, 5) is 31.4. The highest BCUT2D eigenvalue weighted by molar-refractivity contribution is 5.92. The first-order chi connectivity index (χ1) is 13.6. The number of aryl methyl sites for hydroxylation is 1. The number of piperidine rings is 1. The van der Waals surface area contributed by atoms with Crippen LogP contribution in [0.5, 0.6) is 0 Å². The van der Waals surface area contributed by atoms with Crippen LogP contribution in [0.4, 0.5) is 0 Å². The first kappa shape index (κ1) is 18.2. The van der Waals surface area contributed by atoms with Gasteiger partial charge in [0.2, 0.25) is 0 Å². The minimum absolute atomic E-state index is 0.0269. The van der Waals surface area contributed by atoms with Gasteiger partial charge in [-0.05, 0) is 30.5 Å². The van der Waals surface area contributed by atoms with Crippen LogP contribution in [0.15, 0.2) is 59.5 Å². The number of rotatable bonds is 4. The van der Waals surface area contributed by atoms with Crippen molar-refractivity contribution in [1.29, 1.82) is 0 Å². The molecule has 0 bridgehead atoms. The largest absolute Gasteiger partial charge is 0.345 e. The van der Waals surface area contributed by atoms with Crippen molar-refractivity contribution < 1.29 is 4.79 Å². The van der Waals surface area contributed by atoms with E-state index in [0.29, 0.717) is 25.3 Å². The monoisotopic (exact) mass is 377 g/mol. The maximum Gasteiger partial charge on any atom is 0.345 e. The van der Waals surface area contributed by atoms with Crippen molar-refractivity contribution in [2.75, 3.05) is 13.1 Å². The second kappa shape index (κ2) is 7.80. The number of aromatic nitrogens is 4. The molecule has 0 radical (unpaired) electrons. The lowest BCUT2D eigenvalue weighted by atomic mass is 9.96. The summed E-state index contributed by atoms with van der Waals surface area (Å²) in [5.74, 6) is 0.701. The van der Waals surface area contributed by atoms with E-state index in [-0.39, 0.29) is 17.5 Å². The van der Waals surface area contributed by atoms with Gasteiger partial charge in [-0.1, -0.05) is 36.4 Å². The number of hydrogen-bond acceptors (Lipinski definition) is 4. The zero-order chi connectivity index (χ0) is 19.5. The Morgan fingerprint density at radius 2 is 1.93 bits per heavy atom. The number of benzene rings is 1. The van der Waals surface area contributed by atoms with Crippen molar-refractivity contribution in [2.24, 2.45) is 7.05 Å². The summed E-state index contributed by atoms with van der Waals surface area (Å²) in [6.07, 6.45) is 3.40. The molecule has 0 aliphatic carbocycles. The summed E-state index contributed by atoms with van der Waals surface area (Å²) in [6, 6.07) is 15.2. The van der Waals surface area contributed by atoms with E-state index in [2.05, 4.69) is 10.1 Å². The summed E-state index contributed by atoms with van der Waals surface area (Å²) in [5.41, 5.74) is 1.37. The van der Waals surface area contributed by atoms with Crippen LogP contribution in [0.3, 0.4) is 0 Å². The van der Waals surface area contributed by atoms with Crippen LogP contribution in [0.25, 0.3) is 0 Å². The quantitative estimate of drug-likeness (QED) is 0.698. The molecule has 28 heavy (non-hydrogen) atoms. The minimum Gasteiger partial charge on any atom is -0.337 e. The number of nitrogens with zero attached hydrogens (tertiary/aromatic N) is 5. The van der Waals surface area contributed by atoms with Gasteiger partial charge in [0.1, 0.15) is 11.5 Å². The van der Waals surface area contributed by atoms with Gasteiger partial charge in [0.15, 0.2) is 0 Å². The molecule has 1 atom stereocenters. The zero-order valence-corrected chi connectivity index (χ0v) is 15.9. The van der Waals surface area contributed by atoms with Crippen LogP contribution >= 0.6 is 0 Å². The lowest BCUT2D eigenvalue weighted by molar-refractivity contribution is 0.0697. The first-order valence-electron chi connectivity index (χ1n) is 9.51. The van der Waals surface area contributed by atoms with Crippen LogP contribution in [0.1, 0.15) is 40.6 Å². The Balaban J connectivity index is 1.59. The van der Waals surface area contributed by atoms with Crippen molar-refractivity contribution in [3.05, 3.63) is 82.3 Å². The maximum absolute atomic E-state index is 12.8. The summed E-state index contributed by atoms with van der Waals surface area (Å²) < 4.78 is 3.12. The van der Waals surface area contributed by atoms with Gasteiger partial charge < -0.3 is 4.90 Å². The molecule has 1 fully saturated rings. The van der Waals surface area contributed by atoms with Crippen molar-refractivity contribution >= 4 is 5.91 Å². The number of likely N-dealkylation sites (tertiary alicyclic amines) is 1. The van der Waals surface area contributed by atoms with Crippen molar-refractivity contribution in [1.82, 2.24) is 24.2 Å². The Hall–Kier alpha value is -3.22. The van der Waals surface area contributed by atoms with Crippen LogP contribution in [-0.4, -0.2) is 43.2 Å². The highest BCUT2D eigenvalue weighted by Crippen LogP contribution is 2.26. The molecule has 7 nitrogen and oxygen atoms in total. The SMILES string of the molecule is Cn1nc(C2CCCN(C(=O)c3ccccn3)C2)n(Cc2ccccc2)c1=O. The molecular formula is C21H23N5O2. The van der Waals surface area contributed by atoms with E-state index in [9.17, 15) is 9.59 Å². The molecule has 144 valence electrons. The van der Waals surface area contributed by atoms with Gasteiger partial charge in [0.25, 0.3) is 5.91 Å². The average molecular weight is 377 g/mol. The van der Waals surface area contributed by atoms with Crippen LogP contribution in [-0.2, 0) is 13.6 Å². The number of carbonyl (C=O) groups excluding carboxylic acids is 1. The second-order valence-electron chi connectivity index (χ2n) is 7.14. The van der Waals surface area contributed by atoms with Crippen LogP contribution in [0, 0.1) is 0 Å². The molecule has 2 aromatic heterocycles. The van der Waals surface area contributed by atoms with Gasteiger partial charge in [0.05, 0.1) is 6.54 Å². The molecule has 1 aromatic carbocycles. The molecule has 1 aliphatic rings. The van der Waals surface area contributed by atoms with Gasteiger partial charge in [-0.3, -0.25) is 14.3 Å². The molecule has 0 N–H and O–H groups in total. The first-order valence-corrected chi connectivity index (χ1v) is 9.51. The van der Waals surface area contributed by atoms with E-state index < -0.39 is 0 Å².